The summed E-state index contributed by atoms with van der Waals surface area (Å²) >= 11 is 0. The van der Waals surface area contributed by atoms with Gasteiger partial charge in [0, 0.05) is 7.05 Å². The number of amides is 1. The Kier molecular flexibility index (Phi) is 4.42. The molecule has 6 heteroatoms. The fraction of sp³-hybridized carbons (Fsp3) is 0.700. The van der Waals surface area contributed by atoms with Crippen molar-refractivity contribution in [2.75, 3.05) is 0 Å². The Morgan fingerprint density at radius 1 is 1.69 bits per heavy atom. The second kappa shape index (κ2) is 5.60. The van der Waals surface area contributed by atoms with Crippen molar-refractivity contribution in [2.45, 2.75) is 32.9 Å². The predicted octanol–water partition coefficient (Wildman–Crippen LogP) is -0.195. The lowest BCUT2D eigenvalue weighted by Crippen LogP contribution is -2.44. The number of nitrogens with zero attached hydrogens (tertiary/aromatic N) is 3. The molecule has 0 saturated heterocycles. The quantitative estimate of drug-likeness (QED) is 0.727. The maximum absolute atomic E-state index is 11.6. The van der Waals surface area contributed by atoms with Gasteiger partial charge in [-0.25, -0.2) is 4.98 Å². The van der Waals surface area contributed by atoms with Crippen molar-refractivity contribution >= 4 is 5.91 Å². The van der Waals surface area contributed by atoms with Gasteiger partial charge in [-0.15, -0.1) is 0 Å². The first kappa shape index (κ1) is 12.6. The van der Waals surface area contributed by atoms with Crippen molar-refractivity contribution in [1.82, 2.24) is 20.1 Å². The predicted molar refractivity (Wildman–Crippen MR) is 60.3 cm³/mol. The van der Waals surface area contributed by atoms with Crippen LogP contribution in [0.2, 0.25) is 0 Å². The molecule has 0 bridgehead atoms. The summed E-state index contributed by atoms with van der Waals surface area (Å²) in [6, 6.07) is -0.464. The second-order valence-electron chi connectivity index (χ2n) is 3.96. The van der Waals surface area contributed by atoms with Crippen LogP contribution in [-0.2, 0) is 18.4 Å². The second-order valence-corrected chi connectivity index (χ2v) is 3.96. The van der Waals surface area contributed by atoms with Crippen LogP contribution in [0, 0.1) is 5.92 Å². The van der Waals surface area contributed by atoms with Crippen LogP contribution in [0.4, 0.5) is 0 Å². The average molecular weight is 225 g/mol. The first-order valence-electron chi connectivity index (χ1n) is 5.42. The van der Waals surface area contributed by atoms with E-state index >= 15 is 0 Å². The van der Waals surface area contributed by atoms with Crippen LogP contribution in [0.15, 0.2) is 6.33 Å². The van der Waals surface area contributed by atoms with Gasteiger partial charge in [-0.2, -0.15) is 5.10 Å². The topological polar surface area (TPSA) is 85.8 Å². The Morgan fingerprint density at radius 3 is 2.88 bits per heavy atom. The molecule has 0 aromatic carbocycles. The Hall–Kier alpha value is -1.43. The molecule has 6 nitrogen and oxygen atoms in total. The molecule has 1 heterocycles. The van der Waals surface area contributed by atoms with E-state index < -0.39 is 6.04 Å². The fourth-order valence-corrected chi connectivity index (χ4v) is 1.26. The standard InChI is InChI=1S/C10H19N5O/c1-4-7(2)9(11)10(16)12-5-8-13-6-15(3)14-8/h6-7,9H,4-5,11H2,1-3H3,(H,12,16)/t7-,9-/m0/s1. The molecular formula is C10H19N5O. The summed E-state index contributed by atoms with van der Waals surface area (Å²) in [6.07, 6.45) is 2.48. The Morgan fingerprint density at radius 2 is 2.38 bits per heavy atom. The lowest BCUT2D eigenvalue weighted by atomic mass is 9.99. The molecule has 0 saturated carbocycles. The van der Waals surface area contributed by atoms with Crippen LogP contribution in [0.1, 0.15) is 26.1 Å². The monoisotopic (exact) mass is 225 g/mol. The summed E-state index contributed by atoms with van der Waals surface area (Å²) in [7, 11) is 1.78. The van der Waals surface area contributed by atoms with Gasteiger partial charge in [0.2, 0.25) is 5.91 Å². The normalized spacial score (nSPS) is 14.5. The van der Waals surface area contributed by atoms with E-state index in [0.29, 0.717) is 12.4 Å². The Labute approximate surface area is 95.2 Å². The van der Waals surface area contributed by atoms with Crippen LogP contribution in [-0.4, -0.2) is 26.7 Å². The SMILES string of the molecule is CC[C@H](C)[C@H](N)C(=O)NCc1ncn(C)n1. The van der Waals surface area contributed by atoms with E-state index in [1.165, 1.54) is 0 Å². The summed E-state index contributed by atoms with van der Waals surface area (Å²) in [5.74, 6) is 0.616. The number of carbonyl (C=O) groups is 1. The highest BCUT2D eigenvalue weighted by atomic mass is 16.2. The molecule has 1 rings (SSSR count). The smallest absolute Gasteiger partial charge is 0.237 e. The van der Waals surface area contributed by atoms with Crippen molar-refractivity contribution in [2.24, 2.45) is 18.7 Å². The molecule has 0 aliphatic heterocycles. The number of nitrogens with one attached hydrogen (secondary N) is 1. The number of rotatable bonds is 5. The van der Waals surface area contributed by atoms with Crippen molar-refractivity contribution in [1.29, 1.82) is 0 Å². The lowest BCUT2D eigenvalue weighted by molar-refractivity contribution is -0.123. The third-order valence-corrected chi connectivity index (χ3v) is 2.63. The zero-order valence-electron chi connectivity index (χ0n) is 9.97. The van der Waals surface area contributed by atoms with Crippen molar-refractivity contribution in [3.8, 4) is 0 Å². The van der Waals surface area contributed by atoms with E-state index in [-0.39, 0.29) is 11.8 Å². The lowest BCUT2D eigenvalue weighted by Gasteiger charge is -2.16. The molecule has 90 valence electrons. The fourth-order valence-electron chi connectivity index (χ4n) is 1.26. The van der Waals surface area contributed by atoms with Gasteiger partial charge >= 0.3 is 0 Å². The van der Waals surface area contributed by atoms with Crippen molar-refractivity contribution in [3.05, 3.63) is 12.2 Å². The largest absolute Gasteiger partial charge is 0.347 e. The summed E-state index contributed by atoms with van der Waals surface area (Å²) in [6.45, 7) is 4.30. The molecule has 0 fully saturated rings. The summed E-state index contributed by atoms with van der Waals surface area (Å²) in [5, 5.41) is 6.78. The van der Waals surface area contributed by atoms with E-state index in [0.717, 1.165) is 6.42 Å². The van der Waals surface area contributed by atoms with Gasteiger partial charge in [-0.3, -0.25) is 9.48 Å². The first-order valence-corrected chi connectivity index (χ1v) is 5.42. The molecular weight excluding hydrogens is 206 g/mol. The number of hydrogen-bond donors (Lipinski definition) is 2. The van der Waals surface area contributed by atoms with Gasteiger partial charge in [-0.1, -0.05) is 20.3 Å². The maximum atomic E-state index is 11.6. The van der Waals surface area contributed by atoms with Crippen molar-refractivity contribution in [3.63, 3.8) is 0 Å². The Bertz CT molecular complexity index is 349. The summed E-state index contributed by atoms with van der Waals surface area (Å²) < 4.78 is 1.59. The summed E-state index contributed by atoms with van der Waals surface area (Å²) in [5.41, 5.74) is 5.78. The van der Waals surface area contributed by atoms with E-state index in [1.807, 2.05) is 13.8 Å². The summed E-state index contributed by atoms with van der Waals surface area (Å²) in [4.78, 5) is 15.6. The Balaban J connectivity index is 2.40. The van der Waals surface area contributed by atoms with Gasteiger partial charge in [0.1, 0.15) is 6.33 Å². The highest BCUT2D eigenvalue weighted by Gasteiger charge is 2.19. The molecule has 0 spiro atoms. The number of aryl methyl sites for hydroxylation is 1. The van der Waals surface area contributed by atoms with Crippen LogP contribution >= 0.6 is 0 Å². The molecule has 0 aliphatic rings. The van der Waals surface area contributed by atoms with E-state index in [2.05, 4.69) is 15.4 Å². The third kappa shape index (κ3) is 3.30. The molecule has 3 N–H and O–H groups in total. The molecule has 16 heavy (non-hydrogen) atoms. The molecule has 1 aromatic rings. The van der Waals surface area contributed by atoms with Crippen LogP contribution in [0.25, 0.3) is 0 Å². The number of aromatic nitrogens is 3. The highest BCUT2D eigenvalue weighted by molar-refractivity contribution is 5.81. The van der Waals surface area contributed by atoms with Crippen LogP contribution < -0.4 is 11.1 Å². The molecule has 0 aliphatic carbocycles. The average Bonchev–Trinajstić information content (AvgIpc) is 2.69. The van der Waals surface area contributed by atoms with Crippen molar-refractivity contribution < 1.29 is 4.79 Å². The highest BCUT2D eigenvalue weighted by Crippen LogP contribution is 2.05. The van der Waals surface area contributed by atoms with Gasteiger partial charge in [0.15, 0.2) is 5.82 Å². The van der Waals surface area contributed by atoms with Crippen LogP contribution in [0.5, 0.6) is 0 Å². The maximum Gasteiger partial charge on any atom is 0.237 e. The van der Waals surface area contributed by atoms with Gasteiger partial charge in [0.25, 0.3) is 0 Å². The minimum absolute atomic E-state index is 0.151. The third-order valence-electron chi connectivity index (χ3n) is 2.63. The van der Waals surface area contributed by atoms with Gasteiger partial charge < -0.3 is 11.1 Å². The van der Waals surface area contributed by atoms with E-state index in [4.69, 9.17) is 5.73 Å². The number of hydrogen-bond acceptors (Lipinski definition) is 4. The molecule has 2 atom stereocenters. The van der Waals surface area contributed by atoms with Gasteiger partial charge in [-0.05, 0) is 5.92 Å². The molecule has 1 aromatic heterocycles. The zero-order valence-corrected chi connectivity index (χ0v) is 9.97. The van der Waals surface area contributed by atoms with Crippen LogP contribution in [0.3, 0.4) is 0 Å². The van der Waals surface area contributed by atoms with E-state index in [9.17, 15) is 4.79 Å². The number of carbonyl (C=O) groups excluding carboxylic acids is 1. The molecule has 1 amide bonds. The number of nitrogens with two attached hydrogens (primary N) is 1. The molecule has 0 unspecified atom stereocenters. The zero-order chi connectivity index (χ0) is 12.1. The minimum Gasteiger partial charge on any atom is -0.347 e. The minimum atomic E-state index is -0.464. The molecule has 0 radical (unpaired) electrons. The first-order chi connectivity index (χ1) is 7.54. The van der Waals surface area contributed by atoms with E-state index in [1.54, 1.807) is 18.1 Å². The van der Waals surface area contributed by atoms with Gasteiger partial charge in [0.05, 0.1) is 12.6 Å².